The molecule has 0 aliphatic carbocycles. The van der Waals surface area contributed by atoms with Gasteiger partial charge in [0, 0.05) is 11.3 Å². The van der Waals surface area contributed by atoms with Crippen LogP contribution in [0, 0.1) is 0 Å². The molecule has 0 aliphatic heterocycles. The number of carbonyl (C=O) groups excluding carboxylic acids is 2. The van der Waals surface area contributed by atoms with E-state index in [1.807, 2.05) is 30.3 Å². The second-order valence-electron chi connectivity index (χ2n) is 6.86. The SMILES string of the molecule is CC(=O)c1cccc(NC(=O)CN[C@@H](c2ccccc2)c2ccc(OC(F)F)cc2)c1. The van der Waals surface area contributed by atoms with Crippen molar-refractivity contribution in [1.29, 1.82) is 0 Å². The maximum atomic E-state index is 12.5. The zero-order valence-electron chi connectivity index (χ0n) is 16.8. The molecular formula is C24H22F2N2O3. The molecule has 0 heterocycles. The third-order valence-corrected chi connectivity index (χ3v) is 4.59. The molecule has 3 rings (SSSR count). The summed E-state index contributed by atoms with van der Waals surface area (Å²) in [7, 11) is 0. The van der Waals surface area contributed by atoms with E-state index in [0.717, 1.165) is 11.1 Å². The molecular weight excluding hydrogens is 402 g/mol. The lowest BCUT2D eigenvalue weighted by molar-refractivity contribution is -0.115. The van der Waals surface area contributed by atoms with Gasteiger partial charge >= 0.3 is 6.61 Å². The quantitative estimate of drug-likeness (QED) is 0.484. The fourth-order valence-corrected chi connectivity index (χ4v) is 3.13. The van der Waals surface area contributed by atoms with E-state index in [1.165, 1.54) is 19.1 Å². The average molecular weight is 424 g/mol. The standard InChI is InChI=1S/C24H22F2N2O3/c1-16(29)19-8-5-9-20(14-19)28-22(30)15-27-23(17-6-3-2-4-7-17)18-10-12-21(13-11-18)31-24(25)26/h2-14,23-24,27H,15H2,1H3,(H,28,30)/t23-/m0/s1. The molecule has 2 N–H and O–H groups in total. The first-order valence-electron chi connectivity index (χ1n) is 9.66. The van der Waals surface area contributed by atoms with Crippen LogP contribution >= 0.6 is 0 Å². The van der Waals surface area contributed by atoms with E-state index in [9.17, 15) is 18.4 Å². The molecule has 0 fully saturated rings. The molecule has 0 saturated heterocycles. The summed E-state index contributed by atoms with van der Waals surface area (Å²) in [5.41, 5.74) is 2.75. The number of hydrogen-bond acceptors (Lipinski definition) is 4. The van der Waals surface area contributed by atoms with E-state index in [1.54, 1.807) is 36.4 Å². The molecule has 1 amide bonds. The van der Waals surface area contributed by atoms with Gasteiger partial charge in [-0.05, 0) is 42.3 Å². The smallest absolute Gasteiger partial charge is 0.387 e. The molecule has 160 valence electrons. The number of benzene rings is 3. The molecule has 0 spiro atoms. The Morgan fingerprint density at radius 3 is 2.23 bits per heavy atom. The normalized spacial score (nSPS) is 11.7. The van der Waals surface area contributed by atoms with Crippen molar-refractivity contribution in [3.63, 3.8) is 0 Å². The number of ether oxygens (including phenoxy) is 1. The molecule has 0 radical (unpaired) electrons. The van der Waals surface area contributed by atoms with Gasteiger partial charge in [-0.2, -0.15) is 8.78 Å². The van der Waals surface area contributed by atoms with Crippen LogP contribution in [-0.2, 0) is 4.79 Å². The van der Waals surface area contributed by atoms with Gasteiger partial charge in [0.25, 0.3) is 0 Å². The molecule has 3 aromatic carbocycles. The molecule has 1 atom stereocenters. The number of Topliss-reactive ketones (excluding diaryl/α,β-unsaturated/α-hetero) is 1. The van der Waals surface area contributed by atoms with Crippen LogP contribution in [0.1, 0.15) is 34.5 Å². The minimum absolute atomic E-state index is 0.000848. The van der Waals surface area contributed by atoms with Crippen LogP contribution < -0.4 is 15.4 Å². The van der Waals surface area contributed by atoms with E-state index in [2.05, 4.69) is 15.4 Å². The second-order valence-corrected chi connectivity index (χ2v) is 6.86. The molecule has 3 aromatic rings. The fraction of sp³-hybridized carbons (Fsp3) is 0.167. The summed E-state index contributed by atoms with van der Waals surface area (Å²) in [6.45, 7) is -1.43. The average Bonchev–Trinajstić information content (AvgIpc) is 2.75. The summed E-state index contributed by atoms with van der Waals surface area (Å²) in [6, 6.07) is 22.1. The van der Waals surface area contributed by atoms with Crippen LogP contribution in [-0.4, -0.2) is 24.8 Å². The summed E-state index contributed by atoms with van der Waals surface area (Å²) in [5.74, 6) is -0.300. The van der Waals surface area contributed by atoms with Gasteiger partial charge in [-0.1, -0.05) is 54.6 Å². The van der Waals surface area contributed by atoms with Gasteiger partial charge in [0.15, 0.2) is 5.78 Å². The van der Waals surface area contributed by atoms with Crippen molar-refractivity contribution in [3.05, 3.63) is 95.6 Å². The highest BCUT2D eigenvalue weighted by molar-refractivity contribution is 5.97. The first-order chi connectivity index (χ1) is 14.9. The van der Waals surface area contributed by atoms with Crippen LogP contribution in [0.5, 0.6) is 5.75 Å². The number of hydrogen-bond donors (Lipinski definition) is 2. The van der Waals surface area contributed by atoms with Crippen molar-refractivity contribution < 1.29 is 23.1 Å². The number of halogens is 2. The third-order valence-electron chi connectivity index (χ3n) is 4.59. The Morgan fingerprint density at radius 1 is 0.903 bits per heavy atom. The van der Waals surface area contributed by atoms with Gasteiger partial charge in [-0.15, -0.1) is 0 Å². The van der Waals surface area contributed by atoms with Gasteiger partial charge in [0.2, 0.25) is 5.91 Å². The molecule has 31 heavy (non-hydrogen) atoms. The van der Waals surface area contributed by atoms with Crippen molar-refractivity contribution in [1.82, 2.24) is 5.32 Å². The summed E-state index contributed by atoms with van der Waals surface area (Å²) in [5, 5.41) is 5.97. The number of alkyl halides is 2. The van der Waals surface area contributed by atoms with Crippen molar-refractivity contribution >= 4 is 17.4 Å². The predicted octanol–water partition coefficient (Wildman–Crippen LogP) is 4.81. The van der Waals surface area contributed by atoms with Crippen LogP contribution in [0.2, 0.25) is 0 Å². The summed E-state index contributed by atoms with van der Waals surface area (Å²) < 4.78 is 29.2. The Balaban J connectivity index is 1.71. The fourth-order valence-electron chi connectivity index (χ4n) is 3.13. The number of rotatable bonds is 9. The maximum absolute atomic E-state index is 12.5. The van der Waals surface area contributed by atoms with E-state index in [0.29, 0.717) is 11.3 Å². The maximum Gasteiger partial charge on any atom is 0.387 e. The summed E-state index contributed by atoms with van der Waals surface area (Å²) in [6.07, 6.45) is 0. The summed E-state index contributed by atoms with van der Waals surface area (Å²) in [4.78, 5) is 24.0. The monoisotopic (exact) mass is 424 g/mol. The Labute approximate surface area is 179 Å². The Bertz CT molecular complexity index is 1020. The zero-order valence-corrected chi connectivity index (χ0v) is 16.8. The molecule has 0 saturated carbocycles. The highest BCUT2D eigenvalue weighted by Crippen LogP contribution is 2.24. The van der Waals surface area contributed by atoms with Gasteiger partial charge in [0.1, 0.15) is 5.75 Å². The lowest BCUT2D eigenvalue weighted by Crippen LogP contribution is -2.32. The lowest BCUT2D eigenvalue weighted by atomic mass is 9.98. The van der Waals surface area contributed by atoms with Crippen molar-refractivity contribution in [2.75, 3.05) is 11.9 Å². The molecule has 5 nitrogen and oxygen atoms in total. The summed E-state index contributed by atoms with van der Waals surface area (Å²) >= 11 is 0. The topological polar surface area (TPSA) is 67.4 Å². The van der Waals surface area contributed by atoms with Gasteiger partial charge < -0.3 is 10.1 Å². The van der Waals surface area contributed by atoms with Gasteiger partial charge in [-0.25, -0.2) is 0 Å². The van der Waals surface area contributed by atoms with Crippen LogP contribution in [0.15, 0.2) is 78.9 Å². The van der Waals surface area contributed by atoms with Gasteiger partial charge in [-0.3, -0.25) is 14.9 Å². The first kappa shape index (κ1) is 22.1. The van der Waals surface area contributed by atoms with Crippen molar-refractivity contribution in [2.45, 2.75) is 19.6 Å². The Kier molecular flexibility index (Phi) is 7.45. The van der Waals surface area contributed by atoms with E-state index in [4.69, 9.17) is 0 Å². The zero-order chi connectivity index (χ0) is 22.2. The predicted molar refractivity (Wildman–Crippen MR) is 114 cm³/mol. The number of nitrogens with one attached hydrogen (secondary N) is 2. The van der Waals surface area contributed by atoms with Gasteiger partial charge in [0.05, 0.1) is 12.6 Å². The number of ketones is 1. The van der Waals surface area contributed by atoms with E-state index < -0.39 is 6.61 Å². The molecule has 0 aromatic heterocycles. The molecule has 0 aliphatic rings. The van der Waals surface area contributed by atoms with Crippen molar-refractivity contribution in [2.24, 2.45) is 0 Å². The molecule has 0 bridgehead atoms. The van der Waals surface area contributed by atoms with Crippen LogP contribution in [0.3, 0.4) is 0 Å². The number of carbonyl (C=O) groups is 2. The number of amides is 1. The first-order valence-corrected chi connectivity index (χ1v) is 9.66. The largest absolute Gasteiger partial charge is 0.435 e. The Hall–Kier alpha value is -3.58. The minimum atomic E-state index is -2.89. The van der Waals surface area contributed by atoms with Crippen LogP contribution in [0.25, 0.3) is 0 Å². The lowest BCUT2D eigenvalue weighted by Gasteiger charge is -2.20. The van der Waals surface area contributed by atoms with E-state index >= 15 is 0 Å². The molecule has 7 heteroatoms. The molecule has 0 unspecified atom stereocenters. The second kappa shape index (κ2) is 10.4. The van der Waals surface area contributed by atoms with E-state index in [-0.39, 0.29) is 30.0 Å². The Morgan fingerprint density at radius 2 is 1.58 bits per heavy atom. The highest BCUT2D eigenvalue weighted by atomic mass is 19.3. The van der Waals surface area contributed by atoms with Crippen molar-refractivity contribution in [3.8, 4) is 5.75 Å². The van der Waals surface area contributed by atoms with Crippen LogP contribution in [0.4, 0.5) is 14.5 Å². The third kappa shape index (κ3) is 6.45. The number of anilines is 1. The highest BCUT2D eigenvalue weighted by Gasteiger charge is 2.16. The minimum Gasteiger partial charge on any atom is -0.435 e.